The van der Waals surface area contributed by atoms with Crippen molar-refractivity contribution < 1.29 is 37.5 Å². The van der Waals surface area contributed by atoms with Crippen molar-refractivity contribution in [1.82, 2.24) is 0 Å². The number of carbonyl (C=O) groups excluding carboxylic acids is 1. The van der Waals surface area contributed by atoms with E-state index in [0.717, 1.165) is 19.2 Å². The molecule has 11 heteroatoms. The van der Waals surface area contributed by atoms with E-state index in [9.17, 15) is 28.1 Å². The van der Waals surface area contributed by atoms with Crippen LogP contribution >= 0.6 is 0 Å². The lowest BCUT2D eigenvalue weighted by Crippen LogP contribution is -2.26. The maximum Gasteiger partial charge on any atom is 0.430 e. The zero-order valence-electron chi connectivity index (χ0n) is 16.4. The number of carbonyl (C=O) groups is 1. The second-order valence-electron chi connectivity index (χ2n) is 6.26. The highest BCUT2D eigenvalue weighted by Gasteiger charge is 2.37. The lowest BCUT2D eigenvalue weighted by molar-refractivity contribution is -0.385. The van der Waals surface area contributed by atoms with E-state index in [0.29, 0.717) is 5.56 Å². The Bertz CT molecular complexity index is 961. The molecular formula is C20H19F3N2O6. The predicted octanol–water partition coefficient (Wildman–Crippen LogP) is 3.91. The molecule has 0 atom stereocenters. The SMILES string of the molecule is COC(=O)CC(=Nc1cc(CCO)c([N+](=O)[O-])cc1OCc1ccccc1)C(F)(F)F. The fraction of sp³-hybridized carbons (Fsp3) is 0.300. The van der Waals surface area contributed by atoms with Crippen LogP contribution in [0.1, 0.15) is 17.5 Å². The number of aliphatic imine (C=N–C) groups is 1. The minimum atomic E-state index is -4.95. The molecule has 0 fully saturated rings. The summed E-state index contributed by atoms with van der Waals surface area (Å²) in [5.41, 5.74) is -1.60. The quantitative estimate of drug-likeness (QED) is 0.274. The Kier molecular flexibility index (Phi) is 8.08. The van der Waals surface area contributed by atoms with Crippen molar-refractivity contribution in [3.05, 3.63) is 63.7 Å². The summed E-state index contributed by atoms with van der Waals surface area (Å²) in [5.74, 6) is -1.43. The molecule has 8 nitrogen and oxygen atoms in total. The van der Waals surface area contributed by atoms with Crippen LogP contribution in [0.2, 0.25) is 0 Å². The summed E-state index contributed by atoms with van der Waals surface area (Å²) in [5, 5.41) is 20.6. The van der Waals surface area contributed by atoms with Gasteiger partial charge < -0.3 is 14.6 Å². The number of aliphatic hydroxyl groups excluding tert-OH is 1. The monoisotopic (exact) mass is 440 g/mol. The van der Waals surface area contributed by atoms with Crippen molar-refractivity contribution in [1.29, 1.82) is 0 Å². The molecule has 166 valence electrons. The Morgan fingerprint density at radius 1 is 1.23 bits per heavy atom. The number of nitrogens with zero attached hydrogens (tertiary/aromatic N) is 2. The number of alkyl halides is 3. The standard InChI is InChI=1S/C20H19F3N2O6/c1-30-19(27)11-18(20(21,22)23)24-15-9-14(7-8-26)16(25(28)29)10-17(15)31-12-13-5-3-2-4-6-13/h2-6,9-10,26H,7-8,11-12H2,1H3. The largest absolute Gasteiger partial charge is 0.486 e. The van der Waals surface area contributed by atoms with Gasteiger partial charge in [-0.3, -0.25) is 14.9 Å². The summed E-state index contributed by atoms with van der Waals surface area (Å²) in [7, 11) is 0.940. The number of esters is 1. The maximum absolute atomic E-state index is 13.4. The van der Waals surface area contributed by atoms with Gasteiger partial charge in [0.15, 0.2) is 5.75 Å². The van der Waals surface area contributed by atoms with Crippen LogP contribution in [0.4, 0.5) is 24.5 Å². The molecule has 0 aliphatic heterocycles. The van der Waals surface area contributed by atoms with Crippen LogP contribution < -0.4 is 4.74 Å². The Balaban J connectivity index is 2.58. The van der Waals surface area contributed by atoms with E-state index in [4.69, 9.17) is 9.84 Å². The van der Waals surface area contributed by atoms with Gasteiger partial charge >= 0.3 is 12.1 Å². The van der Waals surface area contributed by atoms with E-state index < -0.39 is 41.5 Å². The summed E-state index contributed by atoms with van der Waals surface area (Å²) < 4.78 is 50.1. The van der Waals surface area contributed by atoms with Crippen molar-refractivity contribution in [2.45, 2.75) is 25.6 Å². The number of halogens is 3. The molecule has 0 bridgehead atoms. The van der Waals surface area contributed by atoms with Crippen LogP contribution in [0.25, 0.3) is 0 Å². The first-order valence-electron chi connectivity index (χ1n) is 8.96. The molecule has 0 aliphatic carbocycles. The number of benzene rings is 2. The number of hydrogen-bond donors (Lipinski definition) is 1. The fourth-order valence-electron chi connectivity index (χ4n) is 2.59. The topological polar surface area (TPSA) is 111 Å². The molecule has 0 saturated heterocycles. The Morgan fingerprint density at radius 3 is 2.45 bits per heavy atom. The van der Waals surface area contributed by atoms with Gasteiger partial charge in [-0.15, -0.1) is 0 Å². The molecule has 0 amide bonds. The maximum atomic E-state index is 13.4. The van der Waals surface area contributed by atoms with E-state index >= 15 is 0 Å². The van der Waals surface area contributed by atoms with Crippen LogP contribution in [-0.2, 0) is 22.6 Å². The van der Waals surface area contributed by atoms with E-state index in [2.05, 4.69) is 9.73 Å². The molecule has 0 unspecified atom stereocenters. The normalized spacial score (nSPS) is 11.8. The van der Waals surface area contributed by atoms with E-state index in [1.807, 2.05) is 0 Å². The summed E-state index contributed by atoms with van der Waals surface area (Å²) in [6, 6.07) is 10.6. The zero-order valence-corrected chi connectivity index (χ0v) is 16.4. The van der Waals surface area contributed by atoms with Gasteiger partial charge in [0, 0.05) is 18.6 Å². The molecule has 2 rings (SSSR count). The molecular weight excluding hydrogens is 421 g/mol. The van der Waals surface area contributed by atoms with E-state index in [1.54, 1.807) is 30.3 Å². The van der Waals surface area contributed by atoms with E-state index in [-0.39, 0.29) is 30.0 Å². The molecule has 2 aromatic carbocycles. The molecule has 0 aromatic heterocycles. The van der Waals surface area contributed by atoms with Crippen LogP contribution in [0.15, 0.2) is 47.5 Å². The number of nitro benzene ring substituents is 1. The first-order valence-corrected chi connectivity index (χ1v) is 8.96. The highest BCUT2D eigenvalue weighted by atomic mass is 19.4. The van der Waals surface area contributed by atoms with Crippen molar-refractivity contribution in [3.8, 4) is 5.75 Å². The third-order valence-electron chi connectivity index (χ3n) is 4.10. The lowest BCUT2D eigenvalue weighted by atomic mass is 10.1. The highest BCUT2D eigenvalue weighted by molar-refractivity contribution is 6.03. The summed E-state index contributed by atoms with van der Waals surface area (Å²) >= 11 is 0. The molecule has 0 spiro atoms. The molecule has 1 N–H and O–H groups in total. The van der Waals surface area contributed by atoms with Crippen LogP contribution in [-0.4, -0.2) is 41.6 Å². The summed E-state index contributed by atoms with van der Waals surface area (Å²) in [6.45, 7) is -0.555. The van der Waals surface area contributed by atoms with Crippen LogP contribution in [0.3, 0.4) is 0 Å². The fourth-order valence-corrected chi connectivity index (χ4v) is 2.59. The van der Waals surface area contributed by atoms with E-state index in [1.165, 1.54) is 0 Å². The van der Waals surface area contributed by atoms with Gasteiger partial charge in [-0.05, 0) is 11.6 Å². The predicted molar refractivity (Wildman–Crippen MR) is 104 cm³/mol. The molecule has 0 radical (unpaired) electrons. The first kappa shape index (κ1) is 23.8. The lowest BCUT2D eigenvalue weighted by Gasteiger charge is -2.14. The smallest absolute Gasteiger partial charge is 0.430 e. The number of rotatable bonds is 9. The van der Waals surface area contributed by atoms with Gasteiger partial charge in [0.1, 0.15) is 18.0 Å². The third kappa shape index (κ3) is 6.78. The van der Waals surface area contributed by atoms with Crippen molar-refractivity contribution in [3.63, 3.8) is 0 Å². The molecule has 31 heavy (non-hydrogen) atoms. The van der Waals surface area contributed by atoms with Crippen molar-refractivity contribution in [2.75, 3.05) is 13.7 Å². The molecule has 0 saturated carbocycles. The van der Waals surface area contributed by atoms with Crippen molar-refractivity contribution in [2.24, 2.45) is 4.99 Å². The highest BCUT2D eigenvalue weighted by Crippen LogP contribution is 2.37. The van der Waals surface area contributed by atoms with Gasteiger partial charge in [0.25, 0.3) is 5.69 Å². The number of ether oxygens (including phenoxy) is 2. The summed E-state index contributed by atoms with van der Waals surface area (Å²) in [6.07, 6.45) is -6.29. The second-order valence-corrected chi connectivity index (χ2v) is 6.26. The van der Waals surface area contributed by atoms with Crippen LogP contribution in [0.5, 0.6) is 5.75 Å². The first-order chi connectivity index (χ1) is 14.7. The van der Waals surface area contributed by atoms with Gasteiger partial charge in [-0.1, -0.05) is 30.3 Å². The molecule has 0 heterocycles. The summed E-state index contributed by atoms with van der Waals surface area (Å²) in [4.78, 5) is 25.6. The van der Waals surface area contributed by atoms with Gasteiger partial charge in [-0.2, -0.15) is 13.2 Å². The molecule has 2 aromatic rings. The molecule has 0 aliphatic rings. The average molecular weight is 440 g/mol. The Labute approximate surface area is 175 Å². The van der Waals surface area contributed by atoms with Crippen LogP contribution in [0, 0.1) is 10.1 Å². The van der Waals surface area contributed by atoms with Gasteiger partial charge in [0.05, 0.1) is 24.5 Å². The number of aliphatic hydroxyl groups is 1. The third-order valence-corrected chi connectivity index (χ3v) is 4.10. The van der Waals surface area contributed by atoms with Gasteiger partial charge in [0.2, 0.25) is 0 Å². The minimum absolute atomic E-state index is 0.0297. The Hall–Kier alpha value is -3.47. The van der Waals surface area contributed by atoms with Crippen molar-refractivity contribution >= 4 is 23.1 Å². The zero-order chi connectivity index (χ0) is 23.0. The second kappa shape index (κ2) is 10.5. The number of methoxy groups -OCH3 is 1. The minimum Gasteiger partial charge on any atom is -0.486 e. The van der Waals surface area contributed by atoms with Gasteiger partial charge in [-0.25, -0.2) is 4.99 Å². The Morgan fingerprint density at radius 2 is 1.90 bits per heavy atom. The number of hydrogen-bond acceptors (Lipinski definition) is 7. The average Bonchev–Trinajstić information content (AvgIpc) is 2.72. The number of nitro groups is 1.